The average molecular weight is 396 g/mol. The highest BCUT2D eigenvalue weighted by Crippen LogP contribution is 2.52. The molecular formula is C23H28N2O4. The van der Waals surface area contributed by atoms with E-state index in [1.807, 2.05) is 0 Å². The number of hydrogen-bond acceptors (Lipinski definition) is 6. The number of benzene rings is 2. The molecule has 0 aromatic heterocycles. The minimum Gasteiger partial charge on any atom is -0.493 e. The largest absolute Gasteiger partial charge is 0.493 e. The lowest BCUT2D eigenvalue weighted by atomic mass is 9.82. The fourth-order valence-electron chi connectivity index (χ4n) is 5.35. The van der Waals surface area contributed by atoms with E-state index in [-0.39, 0.29) is 0 Å². The Balaban J connectivity index is 1.64. The third kappa shape index (κ3) is 2.77. The van der Waals surface area contributed by atoms with Gasteiger partial charge < -0.3 is 18.9 Å². The SMILES string of the molecule is COc1cc2c(cc1OC)[C@@H]1[C@@H]3c4cc(OC)c(OC)cc4CCN3CN1CC2. The maximum atomic E-state index is 5.63. The highest BCUT2D eigenvalue weighted by atomic mass is 16.5. The monoisotopic (exact) mass is 396 g/mol. The van der Waals surface area contributed by atoms with Gasteiger partial charge in [0.25, 0.3) is 0 Å². The third-order valence-electron chi connectivity index (χ3n) is 6.71. The molecule has 0 amide bonds. The first-order chi connectivity index (χ1) is 14.2. The van der Waals surface area contributed by atoms with Crippen molar-refractivity contribution in [3.05, 3.63) is 46.5 Å². The van der Waals surface area contributed by atoms with Crippen molar-refractivity contribution in [3.8, 4) is 23.0 Å². The molecule has 1 saturated heterocycles. The first-order valence-electron chi connectivity index (χ1n) is 10.2. The minimum atomic E-state index is 0.302. The van der Waals surface area contributed by atoms with E-state index in [4.69, 9.17) is 18.9 Å². The second-order valence-corrected chi connectivity index (χ2v) is 7.97. The molecule has 0 N–H and O–H groups in total. The number of fused-ring (bicyclic) bond motifs is 7. The molecular weight excluding hydrogens is 368 g/mol. The summed E-state index contributed by atoms with van der Waals surface area (Å²) in [6, 6.07) is 9.29. The molecule has 0 unspecified atom stereocenters. The van der Waals surface area contributed by atoms with Crippen LogP contribution in [0.1, 0.15) is 34.3 Å². The van der Waals surface area contributed by atoms with Gasteiger partial charge in [0.15, 0.2) is 23.0 Å². The van der Waals surface area contributed by atoms with E-state index in [1.54, 1.807) is 28.4 Å². The summed E-state index contributed by atoms with van der Waals surface area (Å²) in [4.78, 5) is 5.20. The molecule has 2 aromatic rings. The van der Waals surface area contributed by atoms with Crippen LogP contribution in [0.4, 0.5) is 0 Å². The first-order valence-corrected chi connectivity index (χ1v) is 10.2. The van der Waals surface area contributed by atoms with Crippen molar-refractivity contribution < 1.29 is 18.9 Å². The number of methoxy groups -OCH3 is 4. The van der Waals surface area contributed by atoms with Crippen LogP contribution in [0.5, 0.6) is 23.0 Å². The fourth-order valence-corrected chi connectivity index (χ4v) is 5.35. The van der Waals surface area contributed by atoms with Crippen molar-refractivity contribution >= 4 is 0 Å². The van der Waals surface area contributed by atoms with Crippen LogP contribution in [0.2, 0.25) is 0 Å². The van der Waals surface area contributed by atoms with Crippen LogP contribution in [-0.4, -0.2) is 58.0 Å². The maximum absolute atomic E-state index is 5.63. The second-order valence-electron chi connectivity index (χ2n) is 7.97. The van der Waals surface area contributed by atoms with E-state index in [1.165, 1.54) is 22.3 Å². The van der Waals surface area contributed by atoms with Gasteiger partial charge in [0, 0.05) is 13.1 Å². The van der Waals surface area contributed by atoms with E-state index >= 15 is 0 Å². The first kappa shape index (κ1) is 18.6. The van der Waals surface area contributed by atoms with Crippen molar-refractivity contribution in [1.82, 2.24) is 9.80 Å². The zero-order valence-electron chi connectivity index (χ0n) is 17.5. The Morgan fingerprint density at radius 3 is 1.38 bits per heavy atom. The molecule has 0 aliphatic carbocycles. The summed E-state index contributed by atoms with van der Waals surface area (Å²) in [6.07, 6.45) is 2.07. The van der Waals surface area contributed by atoms with Crippen molar-refractivity contribution in [1.29, 1.82) is 0 Å². The molecule has 3 aliphatic heterocycles. The van der Waals surface area contributed by atoms with Crippen molar-refractivity contribution in [2.24, 2.45) is 0 Å². The molecule has 6 nitrogen and oxygen atoms in total. The van der Waals surface area contributed by atoms with Gasteiger partial charge in [-0.3, -0.25) is 9.80 Å². The predicted molar refractivity (Wildman–Crippen MR) is 110 cm³/mol. The lowest BCUT2D eigenvalue weighted by Crippen LogP contribution is -2.32. The molecule has 2 atom stereocenters. The molecule has 2 aromatic carbocycles. The van der Waals surface area contributed by atoms with Crippen LogP contribution in [0.25, 0.3) is 0 Å². The van der Waals surface area contributed by atoms with E-state index in [2.05, 4.69) is 34.1 Å². The second kappa shape index (κ2) is 7.11. The molecule has 0 radical (unpaired) electrons. The Morgan fingerprint density at radius 1 is 0.621 bits per heavy atom. The smallest absolute Gasteiger partial charge is 0.161 e. The molecule has 0 bridgehead atoms. The summed E-state index contributed by atoms with van der Waals surface area (Å²) < 4.78 is 22.4. The van der Waals surface area contributed by atoms with Crippen LogP contribution >= 0.6 is 0 Å². The molecule has 0 saturated carbocycles. The summed E-state index contributed by atoms with van der Waals surface area (Å²) in [5.41, 5.74) is 5.42. The predicted octanol–water partition coefficient (Wildman–Crippen LogP) is 3.19. The Labute approximate surface area is 171 Å². The standard InChI is InChI=1S/C23H28N2O4/c1-26-18-9-14-5-7-24-13-25-8-6-15-10-19(27-2)21(29-4)12-17(15)23(25)22(24)16(14)11-20(18)28-3/h9-12,22-23H,5-8,13H2,1-4H3/t22-,23+. The fraction of sp³-hybridized carbons (Fsp3) is 0.478. The molecule has 6 heteroatoms. The van der Waals surface area contributed by atoms with Gasteiger partial charge in [-0.25, -0.2) is 0 Å². The van der Waals surface area contributed by atoms with E-state index < -0.39 is 0 Å². The number of ether oxygens (including phenoxy) is 4. The van der Waals surface area contributed by atoms with Gasteiger partial charge >= 0.3 is 0 Å². The number of rotatable bonds is 4. The number of nitrogens with zero attached hydrogens (tertiary/aromatic N) is 2. The molecule has 0 spiro atoms. The van der Waals surface area contributed by atoms with Crippen LogP contribution in [0, 0.1) is 0 Å². The highest BCUT2D eigenvalue weighted by molar-refractivity contribution is 5.54. The lowest BCUT2D eigenvalue weighted by Gasteiger charge is -2.37. The topological polar surface area (TPSA) is 43.4 Å². The molecule has 29 heavy (non-hydrogen) atoms. The Bertz CT molecular complexity index is 869. The van der Waals surface area contributed by atoms with Gasteiger partial charge in [-0.15, -0.1) is 0 Å². The minimum absolute atomic E-state index is 0.302. The quantitative estimate of drug-likeness (QED) is 0.791. The van der Waals surface area contributed by atoms with Crippen LogP contribution < -0.4 is 18.9 Å². The summed E-state index contributed by atoms with van der Waals surface area (Å²) in [5.74, 6) is 3.22. The van der Waals surface area contributed by atoms with E-state index in [9.17, 15) is 0 Å². The third-order valence-corrected chi connectivity index (χ3v) is 6.71. The summed E-state index contributed by atoms with van der Waals surface area (Å²) in [7, 11) is 6.82. The number of hydrogen-bond donors (Lipinski definition) is 0. The summed E-state index contributed by atoms with van der Waals surface area (Å²) in [5, 5.41) is 0. The van der Waals surface area contributed by atoms with Crippen LogP contribution in [-0.2, 0) is 12.8 Å². The van der Waals surface area contributed by atoms with Gasteiger partial charge in [0.2, 0.25) is 0 Å². The normalized spacial score (nSPS) is 22.9. The molecule has 3 aliphatic rings. The van der Waals surface area contributed by atoms with Crippen molar-refractivity contribution in [2.45, 2.75) is 24.9 Å². The zero-order chi connectivity index (χ0) is 20.1. The Morgan fingerprint density at radius 2 is 1.00 bits per heavy atom. The van der Waals surface area contributed by atoms with E-state index in [0.29, 0.717) is 12.1 Å². The molecule has 5 rings (SSSR count). The van der Waals surface area contributed by atoms with Gasteiger partial charge in [0.1, 0.15) is 0 Å². The average Bonchev–Trinajstić information content (AvgIpc) is 3.16. The van der Waals surface area contributed by atoms with Crippen molar-refractivity contribution in [3.63, 3.8) is 0 Å². The Kier molecular flexibility index (Phi) is 4.56. The van der Waals surface area contributed by atoms with E-state index in [0.717, 1.165) is 55.6 Å². The highest BCUT2D eigenvalue weighted by Gasteiger charge is 2.47. The van der Waals surface area contributed by atoms with Gasteiger partial charge in [-0.1, -0.05) is 0 Å². The maximum Gasteiger partial charge on any atom is 0.161 e. The summed E-state index contributed by atoms with van der Waals surface area (Å²) >= 11 is 0. The molecule has 3 heterocycles. The Hall–Kier alpha value is -2.44. The van der Waals surface area contributed by atoms with Gasteiger partial charge in [-0.2, -0.15) is 0 Å². The van der Waals surface area contributed by atoms with Crippen LogP contribution in [0.3, 0.4) is 0 Å². The van der Waals surface area contributed by atoms with Gasteiger partial charge in [-0.05, 0) is 59.4 Å². The summed E-state index contributed by atoms with van der Waals surface area (Å²) in [6.45, 7) is 3.11. The van der Waals surface area contributed by atoms with Gasteiger partial charge in [0.05, 0.1) is 47.2 Å². The zero-order valence-corrected chi connectivity index (χ0v) is 17.5. The lowest BCUT2D eigenvalue weighted by molar-refractivity contribution is 0.211. The molecule has 1 fully saturated rings. The van der Waals surface area contributed by atoms with Crippen molar-refractivity contribution in [2.75, 3.05) is 48.2 Å². The van der Waals surface area contributed by atoms with Crippen LogP contribution in [0.15, 0.2) is 24.3 Å². The molecule has 154 valence electrons.